The van der Waals surface area contributed by atoms with Crippen LogP contribution in [0.15, 0.2) is 0 Å². The van der Waals surface area contributed by atoms with E-state index < -0.39 is 9.84 Å². The summed E-state index contributed by atoms with van der Waals surface area (Å²) in [6, 6.07) is -0.0428. The quantitative estimate of drug-likeness (QED) is 0.556. The fourth-order valence-corrected chi connectivity index (χ4v) is 2.70. The lowest BCUT2D eigenvalue weighted by molar-refractivity contribution is 0.269. The molecule has 0 spiro atoms. The van der Waals surface area contributed by atoms with Crippen LogP contribution in [-0.4, -0.2) is 44.2 Å². The van der Waals surface area contributed by atoms with Gasteiger partial charge in [0.25, 0.3) is 0 Å². The summed E-state index contributed by atoms with van der Waals surface area (Å²) in [5.74, 6) is 0.405. The van der Waals surface area contributed by atoms with E-state index in [-0.39, 0.29) is 24.2 Å². The maximum atomic E-state index is 11.0. The summed E-state index contributed by atoms with van der Waals surface area (Å²) in [7, 11) is -2.83. The van der Waals surface area contributed by atoms with E-state index in [4.69, 9.17) is 5.11 Å². The predicted octanol–water partition coefficient (Wildman–Crippen LogP) is -1.24. The zero-order chi connectivity index (χ0) is 8.32. The second kappa shape index (κ2) is 3.51. The van der Waals surface area contributed by atoms with E-state index in [0.29, 0.717) is 13.0 Å². The van der Waals surface area contributed by atoms with Gasteiger partial charge >= 0.3 is 0 Å². The Balaban J connectivity index is 2.47. The van der Waals surface area contributed by atoms with E-state index >= 15 is 0 Å². The van der Waals surface area contributed by atoms with Crippen molar-refractivity contribution in [3.8, 4) is 0 Å². The standard InChI is InChI=1S/C6H13NO3S/c8-3-1-6-5-11(9,10)4-2-7-6/h6-8H,1-5H2. The monoisotopic (exact) mass is 179 g/mol. The molecule has 1 saturated heterocycles. The van der Waals surface area contributed by atoms with Crippen LogP contribution in [0.1, 0.15) is 6.42 Å². The predicted molar refractivity (Wildman–Crippen MR) is 42.1 cm³/mol. The van der Waals surface area contributed by atoms with Crippen molar-refractivity contribution in [2.75, 3.05) is 24.7 Å². The molecule has 5 heteroatoms. The minimum atomic E-state index is -2.83. The first-order chi connectivity index (χ1) is 5.14. The number of aliphatic hydroxyl groups excluding tert-OH is 1. The number of rotatable bonds is 2. The maximum absolute atomic E-state index is 11.0. The SMILES string of the molecule is O=S1(=O)CCNC(CCO)C1. The first kappa shape index (κ1) is 8.96. The number of hydrogen-bond donors (Lipinski definition) is 2. The third kappa shape index (κ3) is 2.76. The van der Waals surface area contributed by atoms with Crippen molar-refractivity contribution in [1.82, 2.24) is 5.32 Å². The fraction of sp³-hybridized carbons (Fsp3) is 1.00. The number of hydrogen-bond acceptors (Lipinski definition) is 4. The van der Waals surface area contributed by atoms with Crippen LogP contribution in [0.2, 0.25) is 0 Å². The Morgan fingerprint density at radius 1 is 1.55 bits per heavy atom. The Bertz CT molecular complexity index is 210. The van der Waals surface area contributed by atoms with Crippen LogP contribution >= 0.6 is 0 Å². The van der Waals surface area contributed by atoms with Gasteiger partial charge in [0.05, 0.1) is 11.5 Å². The van der Waals surface area contributed by atoms with E-state index in [1.807, 2.05) is 0 Å². The van der Waals surface area contributed by atoms with Gasteiger partial charge in [-0.1, -0.05) is 0 Å². The van der Waals surface area contributed by atoms with Crippen LogP contribution in [0.3, 0.4) is 0 Å². The highest BCUT2D eigenvalue weighted by atomic mass is 32.2. The van der Waals surface area contributed by atoms with Crippen molar-refractivity contribution in [2.45, 2.75) is 12.5 Å². The van der Waals surface area contributed by atoms with E-state index in [9.17, 15) is 8.42 Å². The Labute approximate surface area is 66.5 Å². The summed E-state index contributed by atoms with van der Waals surface area (Å²) in [5, 5.41) is 11.6. The summed E-state index contributed by atoms with van der Waals surface area (Å²) in [5.41, 5.74) is 0. The Kier molecular flexibility index (Phi) is 2.86. The summed E-state index contributed by atoms with van der Waals surface area (Å²) in [6.45, 7) is 0.570. The first-order valence-electron chi connectivity index (χ1n) is 3.69. The van der Waals surface area contributed by atoms with Crippen molar-refractivity contribution < 1.29 is 13.5 Å². The lowest BCUT2D eigenvalue weighted by Crippen LogP contribution is -2.45. The van der Waals surface area contributed by atoms with E-state index in [0.717, 1.165) is 0 Å². The molecule has 0 radical (unpaired) electrons. The van der Waals surface area contributed by atoms with Crippen molar-refractivity contribution >= 4 is 9.84 Å². The molecule has 1 fully saturated rings. The molecular weight excluding hydrogens is 166 g/mol. The molecule has 0 bridgehead atoms. The van der Waals surface area contributed by atoms with Gasteiger partial charge in [0.1, 0.15) is 0 Å². The average Bonchev–Trinajstić information content (AvgIpc) is 1.85. The number of aliphatic hydroxyl groups is 1. The second-order valence-electron chi connectivity index (χ2n) is 2.78. The zero-order valence-corrected chi connectivity index (χ0v) is 7.10. The molecule has 66 valence electrons. The molecule has 1 aliphatic heterocycles. The molecule has 1 atom stereocenters. The zero-order valence-electron chi connectivity index (χ0n) is 6.28. The van der Waals surface area contributed by atoms with Crippen LogP contribution < -0.4 is 5.32 Å². The highest BCUT2D eigenvalue weighted by Crippen LogP contribution is 2.03. The molecule has 1 unspecified atom stereocenters. The van der Waals surface area contributed by atoms with Gasteiger partial charge in [-0.2, -0.15) is 0 Å². The summed E-state index contributed by atoms with van der Waals surface area (Å²) < 4.78 is 22.0. The molecular formula is C6H13NO3S. The molecule has 0 aromatic heterocycles. The van der Waals surface area contributed by atoms with Crippen molar-refractivity contribution in [3.05, 3.63) is 0 Å². The molecule has 0 aliphatic carbocycles. The lowest BCUT2D eigenvalue weighted by atomic mass is 10.2. The van der Waals surface area contributed by atoms with Crippen molar-refractivity contribution in [2.24, 2.45) is 0 Å². The first-order valence-corrected chi connectivity index (χ1v) is 5.51. The molecule has 0 saturated carbocycles. The van der Waals surface area contributed by atoms with Gasteiger partial charge in [-0.25, -0.2) is 8.42 Å². The van der Waals surface area contributed by atoms with Crippen LogP contribution in [0, 0.1) is 0 Å². The molecule has 0 amide bonds. The smallest absolute Gasteiger partial charge is 0.153 e. The van der Waals surface area contributed by atoms with Gasteiger partial charge in [-0.05, 0) is 6.42 Å². The summed E-state index contributed by atoms with van der Waals surface area (Å²) >= 11 is 0. The highest BCUT2D eigenvalue weighted by molar-refractivity contribution is 7.91. The van der Waals surface area contributed by atoms with Gasteiger partial charge in [0, 0.05) is 19.2 Å². The minimum Gasteiger partial charge on any atom is -0.396 e. The normalized spacial score (nSPS) is 30.1. The fourth-order valence-electron chi connectivity index (χ4n) is 1.21. The van der Waals surface area contributed by atoms with Crippen LogP contribution in [0.25, 0.3) is 0 Å². The summed E-state index contributed by atoms with van der Waals surface area (Å²) in [4.78, 5) is 0. The lowest BCUT2D eigenvalue weighted by Gasteiger charge is -2.22. The molecule has 2 N–H and O–H groups in total. The molecule has 1 heterocycles. The maximum Gasteiger partial charge on any atom is 0.153 e. The van der Waals surface area contributed by atoms with Gasteiger partial charge in [-0.3, -0.25) is 0 Å². The van der Waals surface area contributed by atoms with E-state index in [1.54, 1.807) is 0 Å². The summed E-state index contributed by atoms with van der Waals surface area (Å²) in [6.07, 6.45) is 0.527. The van der Waals surface area contributed by atoms with Gasteiger partial charge in [0.15, 0.2) is 9.84 Å². The van der Waals surface area contributed by atoms with Crippen LogP contribution in [0.5, 0.6) is 0 Å². The van der Waals surface area contributed by atoms with Gasteiger partial charge < -0.3 is 10.4 Å². The van der Waals surface area contributed by atoms with Crippen LogP contribution in [0.4, 0.5) is 0 Å². The average molecular weight is 179 g/mol. The Morgan fingerprint density at radius 3 is 2.82 bits per heavy atom. The van der Waals surface area contributed by atoms with Crippen molar-refractivity contribution in [1.29, 1.82) is 0 Å². The largest absolute Gasteiger partial charge is 0.396 e. The second-order valence-corrected chi connectivity index (χ2v) is 5.01. The molecule has 1 rings (SSSR count). The minimum absolute atomic E-state index is 0.0428. The van der Waals surface area contributed by atoms with Crippen LogP contribution in [-0.2, 0) is 9.84 Å². The number of nitrogens with one attached hydrogen (secondary N) is 1. The molecule has 0 aromatic carbocycles. The molecule has 11 heavy (non-hydrogen) atoms. The van der Waals surface area contributed by atoms with E-state index in [2.05, 4.69) is 5.32 Å². The molecule has 0 aromatic rings. The Hall–Kier alpha value is -0.130. The Morgan fingerprint density at radius 2 is 2.27 bits per heavy atom. The van der Waals surface area contributed by atoms with Gasteiger partial charge in [-0.15, -0.1) is 0 Å². The third-order valence-corrected chi connectivity index (χ3v) is 3.52. The number of sulfone groups is 1. The topological polar surface area (TPSA) is 66.4 Å². The van der Waals surface area contributed by atoms with Gasteiger partial charge in [0.2, 0.25) is 0 Å². The molecule has 4 nitrogen and oxygen atoms in total. The third-order valence-electron chi connectivity index (χ3n) is 1.78. The van der Waals surface area contributed by atoms with E-state index in [1.165, 1.54) is 0 Å². The van der Waals surface area contributed by atoms with Crippen molar-refractivity contribution in [3.63, 3.8) is 0 Å². The molecule has 1 aliphatic rings. The highest BCUT2D eigenvalue weighted by Gasteiger charge is 2.23.